The molecular weight excluding hydrogens is 230 g/mol. The van der Waals surface area contributed by atoms with Crippen molar-refractivity contribution in [3.8, 4) is 0 Å². The van der Waals surface area contributed by atoms with Crippen LogP contribution in [-0.4, -0.2) is 5.91 Å². The number of carbonyl (C=O) groups excluding carboxylic acids is 1. The molecule has 1 aliphatic carbocycles. The average Bonchev–Trinajstić information content (AvgIpc) is 2.83. The van der Waals surface area contributed by atoms with Crippen molar-refractivity contribution in [3.05, 3.63) is 28.2 Å². The van der Waals surface area contributed by atoms with Crippen LogP contribution in [0.2, 0.25) is 0 Å². The molecule has 0 bridgehead atoms. The molecule has 1 N–H and O–H groups in total. The lowest BCUT2D eigenvalue weighted by atomic mass is 10.0. The zero-order valence-electron chi connectivity index (χ0n) is 6.88. The van der Waals surface area contributed by atoms with Gasteiger partial charge in [-0.3, -0.25) is 4.79 Å². The van der Waals surface area contributed by atoms with E-state index in [1.807, 2.05) is 18.2 Å². The first-order valence-corrected chi connectivity index (χ1v) is 5.16. The van der Waals surface area contributed by atoms with E-state index in [1.165, 1.54) is 5.56 Å². The molecule has 2 aliphatic rings. The van der Waals surface area contributed by atoms with Crippen LogP contribution >= 0.6 is 15.9 Å². The predicted molar refractivity (Wildman–Crippen MR) is 53.6 cm³/mol. The number of fused-ring (bicyclic) bond motifs is 3. The third-order valence-corrected chi connectivity index (χ3v) is 3.50. The molecule has 3 rings (SSSR count). The van der Waals surface area contributed by atoms with Crippen molar-refractivity contribution in [2.75, 3.05) is 5.32 Å². The van der Waals surface area contributed by atoms with E-state index in [0.717, 1.165) is 16.6 Å². The van der Waals surface area contributed by atoms with Crippen LogP contribution in [-0.2, 0) is 4.79 Å². The highest BCUT2D eigenvalue weighted by atomic mass is 79.9. The summed E-state index contributed by atoms with van der Waals surface area (Å²) in [5.41, 5.74) is 2.27. The second-order valence-electron chi connectivity index (χ2n) is 3.64. The summed E-state index contributed by atoms with van der Waals surface area (Å²) < 4.78 is 1.12. The Morgan fingerprint density at radius 2 is 2.23 bits per heavy atom. The Morgan fingerprint density at radius 3 is 3.08 bits per heavy atom. The number of hydrogen-bond donors (Lipinski definition) is 1. The van der Waals surface area contributed by atoms with E-state index in [2.05, 4.69) is 21.2 Å². The molecule has 1 heterocycles. The number of halogens is 1. The molecule has 1 aliphatic heterocycles. The van der Waals surface area contributed by atoms with Crippen molar-refractivity contribution in [1.29, 1.82) is 0 Å². The van der Waals surface area contributed by atoms with E-state index in [-0.39, 0.29) is 11.8 Å². The Bertz CT molecular complexity index is 402. The van der Waals surface area contributed by atoms with Gasteiger partial charge in [-0.05, 0) is 30.0 Å². The van der Waals surface area contributed by atoms with Crippen LogP contribution < -0.4 is 5.32 Å². The topological polar surface area (TPSA) is 29.1 Å². The van der Waals surface area contributed by atoms with Gasteiger partial charge in [-0.25, -0.2) is 0 Å². The van der Waals surface area contributed by atoms with Crippen LogP contribution in [0, 0.1) is 5.92 Å². The molecule has 13 heavy (non-hydrogen) atoms. The SMILES string of the molecule is O=C1Nc2cccc(Br)c2C2CC12. The second kappa shape index (κ2) is 2.35. The number of carbonyl (C=O) groups is 1. The molecule has 2 unspecified atom stereocenters. The van der Waals surface area contributed by atoms with Crippen LogP contribution in [0.3, 0.4) is 0 Å². The molecule has 1 aromatic rings. The molecule has 2 atom stereocenters. The number of rotatable bonds is 0. The highest BCUT2D eigenvalue weighted by Gasteiger charge is 2.49. The molecule has 1 fully saturated rings. The lowest BCUT2D eigenvalue weighted by Crippen LogP contribution is -2.19. The van der Waals surface area contributed by atoms with Gasteiger partial charge in [0.25, 0.3) is 0 Å². The Morgan fingerprint density at radius 1 is 1.38 bits per heavy atom. The number of benzene rings is 1. The molecule has 0 aromatic heterocycles. The van der Waals surface area contributed by atoms with Gasteiger partial charge >= 0.3 is 0 Å². The quantitative estimate of drug-likeness (QED) is 0.739. The maximum atomic E-state index is 11.4. The highest BCUT2D eigenvalue weighted by Crippen LogP contribution is 2.55. The summed E-state index contributed by atoms with van der Waals surface area (Å²) in [6.07, 6.45) is 1.02. The molecule has 0 radical (unpaired) electrons. The van der Waals surface area contributed by atoms with Gasteiger partial charge in [0.05, 0.1) is 0 Å². The van der Waals surface area contributed by atoms with Crippen molar-refractivity contribution in [3.63, 3.8) is 0 Å². The van der Waals surface area contributed by atoms with E-state index < -0.39 is 0 Å². The van der Waals surface area contributed by atoms with Crippen molar-refractivity contribution in [2.45, 2.75) is 12.3 Å². The fourth-order valence-electron chi connectivity index (χ4n) is 2.05. The van der Waals surface area contributed by atoms with E-state index in [4.69, 9.17) is 0 Å². The minimum atomic E-state index is 0.190. The minimum absolute atomic E-state index is 0.190. The molecule has 0 saturated heterocycles. The fraction of sp³-hybridized carbons (Fsp3) is 0.300. The van der Waals surface area contributed by atoms with Gasteiger partial charge in [0.15, 0.2) is 0 Å². The van der Waals surface area contributed by atoms with E-state index >= 15 is 0 Å². The smallest absolute Gasteiger partial charge is 0.228 e. The van der Waals surface area contributed by atoms with Crippen LogP contribution in [0.4, 0.5) is 5.69 Å². The molecule has 1 saturated carbocycles. The van der Waals surface area contributed by atoms with Gasteiger partial charge < -0.3 is 5.32 Å². The van der Waals surface area contributed by atoms with Crippen LogP contribution in [0.5, 0.6) is 0 Å². The molecule has 2 nitrogen and oxygen atoms in total. The molecule has 66 valence electrons. The normalized spacial score (nSPS) is 28.8. The van der Waals surface area contributed by atoms with Crippen molar-refractivity contribution < 1.29 is 4.79 Å². The number of nitrogens with one attached hydrogen (secondary N) is 1. The summed E-state index contributed by atoms with van der Waals surface area (Å²) >= 11 is 3.52. The molecule has 3 heteroatoms. The van der Waals surface area contributed by atoms with Gasteiger partial charge in [-0.15, -0.1) is 0 Å². The molecular formula is C10H8BrNO. The molecule has 1 amide bonds. The maximum absolute atomic E-state index is 11.4. The van der Waals surface area contributed by atoms with Crippen LogP contribution in [0.1, 0.15) is 17.9 Å². The first kappa shape index (κ1) is 7.56. The minimum Gasteiger partial charge on any atom is -0.326 e. The maximum Gasteiger partial charge on any atom is 0.228 e. The third kappa shape index (κ3) is 0.967. The standard InChI is InChI=1S/C10H8BrNO/c11-7-2-1-3-8-9(7)5-4-6(5)10(13)12-8/h1-3,5-6H,4H2,(H,12,13). The highest BCUT2D eigenvalue weighted by molar-refractivity contribution is 9.10. The zero-order chi connectivity index (χ0) is 9.00. The Hall–Kier alpha value is -0.830. The van der Waals surface area contributed by atoms with Crippen LogP contribution in [0.25, 0.3) is 0 Å². The number of anilines is 1. The van der Waals surface area contributed by atoms with E-state index in [1.54, 1.807) is 0 Å². The largest absolute Gasteiger partial charge is 0.326 e. The third-order valence-electron chi connectivity index (χ3n) is 2.81. The summed E-state index contributed by atoms with van der Waals surface area (Å²) in [7, 11) is 0. The summed E-state index contributed by atoms with van der Waals surface area (Å²) in [6, 6.07) is 5.95. The summed E-state index contributed by atoms with van der Waals surface area (Å²) in [5, 5.41) is 2.92. The van der Waals surface area contributed by atoms with E-state index in [0.29, 0.717) is 5.92 Å². The second-order valence-corrected chi connectivity index (χ2v) is 4.49. The summed E-state index contributed by atoms with van der Waals surface area (Å²) in [4.78, 5) is 11.4. The Balaban J connectivity index is 2.20. The van der Waals surface area contributed by atoms with Crippen LogP contribution in [0.15, 0.2) is 22.7 Å². The van der Waals surface area contributed by atoms with Gasteiger partial charge in [0, 0.05) is 16.1 Å². The van der Waals surface area contributed by atoms with Crippen molar-refractivity contribution in [1.82, 2.24) is 0 Å². The number of amides is 1. The zero-order valence-corrected chi connectivity index (χ0v) is 8.47. The fourth-order valence-corrected chi connectivity index (χ4v) is 2.71. The van der Waals surface area contributed by atoms with E-state index in [9.17, 15) is 4.79 Å². The summed E-state index contributed by atoms with van der Waals surface area (Å²) in [5.74, 6) is 0.904. The van der Waals surface area contributed by atoms with Gasteiger partial charge in [-0.1, -0.05) is 22.0 Å². The average molecular weight is 238 g/mol. The summed E-state index contributed by atoms with van der Waals surface area (Å²) in [6.45, 7) is 0. The van der Waals surface area contributed by atoms with Gasteiger partial charge in [-0.2, -0.15) is 0 Å². The predicted octanol–water partition coefficient (Wildman–Crippen LogP) is 2.50. The Kier molecular flexibility index (Phi) is 1.37. The van der Waals surface area contributed by atoms with Gasteiger partial charge in [0.2, 0.25) is 5.91 Å². The number of hydrogen-bond acceptors (Lipinski definition) is 1. The van der Waals surface area contributed by atoms with Gasteiger partial charge in [0.1, 0.15) is 0 Å². The first-order valence-electron chi connectivity index (χ1n) is 4.36. The van der Waals surface area contributed by atoms with Crippen molar-refractivity contribution >= 4 is 27.5 Å². The monoisotopic (exact) mass is 237 g/mol. The van der Waals surface area contributed by atoms with Crippen molar-refractivity contribution in [2.24, 2.45) is 5.92 Å². The molecule has 1 aromatic carbocycles. The Labute approximate surface area is 84.5 Å². The lowest BCUT2D eigenvalue weighted by Gasteiger charge is -2.16. The first-order chi connectivity index (χ1) is 6.27. The molecule has 0 spiro atoms. The lowest BCUT2D eigenvalue weighted by molar-refractivity contribution is -0.117.